The molecular formula is C11H10BrN3O3. The molecule has 0 amide bonds. The van der Waals surface area contributed by atoms with Gasteiger partial charge in [-0.05, 0) is 28.1 Å². The van der Waals surface area contributed by atoms with Crippen molar-refractivity contribution < 1.29 is 14.3 Å². The van der Waals surface area contributed by atoms with E-state index in [1.54, 1.807) is 0 Å². The monoisotopic (exact) mass is 311 g/mol. The first-order valence-corrected chi connectivity index (χ1v) is 5.96. The van der Waals surface area contributed by atoms with Crippen LogP contribution in [0.15, 0.2) is 33.2 Å². The van der Waals surface area contributed by atoms with E-state index in [4.69, 9.17) is 9.52 Å². The number of nitrogens with one attached hydrogen (secondary N) is 1. The Balaban J connectivity index is 2.06. The molecule has 6 nitrogen and oxygen atoms in total. The number of carbonyl (C=O) groups is 1. The molecule has 0 saturated carbocycles. The van der Waals surface area contributed by atoms with E-state index >= 15 is 0 Å². The summed E-state index contributed by atoms with van der Waals surface area (Å²) in [5, 5.41) is 18.9. The van der Waals surface area contributed by atoms with Crippen LogP contribution >= 0.6 is 15.9 Å². The number of carboxylic acids is 1. The molecule has 18 heavy (non-hydrogen) atoms. The van der Waals surface area contributed by atoms with E-state index in [0.29, 0.717) is 11.8 Å². The van der Waals surface area contributed by atoms with Gasteiger partial charge in [-0.3, -0.25) is 10.1 Å². The van der Waals surface area contributed by atoms with Crippen molar-refractivity contribution in [1.29, 1.82) is 0 Å². The highest BCUT2D eigenvalue weighted by molar-refractivity contribution is 9.10. The fourth-order valence-corrected chi connectivity index (χ4v) is 1.80. The quantitative estimate of drug-likeness (QED) is 0.873. The van der Waals surface area contributed by atoms with Crippen molar-refractivity contribution in [1.82, 2.24) is 15.5 Å². The lowest BCUT2D eigenvalue weighted by molar-refractivity contribution is -0.136. The lowest BCUT2D eigenvalue weighted by atomic mass is 10.2. The second kappa shape index (κ2) is 5.74. The first-order chi connectivity index (χ1) is 8.66. The Hall–Kier alpha value is -1.73. The summed E-state index contributed by atoms with van der Waals surface area (Å²) in [5.74, 6) is -0.183. The largest absolute Gasteiger partial charge is 0.480 e. The molecule has 2 N–H and O–H groups in total. The Morgan fingerprint density at radius 1 is 1.39 bits per heavy atom. The summed E-state index contributed by atoms with van der Waals surface area (Å²) in [5.41, 5.74) is 0.800. The second-order valence-corrected chi connectivity index (χ2v) is 4.33. The summed E-state index contributed by atoms with van der Waals surface area (Å²) >= 11 is 3.39. The molecule has 0 aliphatic heterocycles. The summed E-state index contributed by atoms with van der Waals surface area (Å²) in [6, 6.07) is 7.49. The molecule has 1 heterocycles. The number of rotatable bonds is 5. The molecule has 0 atom stereocenters. The van der Waals surface area contributed by atoms with E-state index in [-0.39, 0.29) is 13.1 Å². The predicted molar refractivity (Wildman–Crippen MR) is 66.8 cm³/mol. The van der Waals surface area contributed by atoms with Crippen molar-refractivity contribution in [3.63, 3.8) is 0 Å². The topological polar surface area (TPSA) is 88.2 Å². The molecule has 0 bridgehead atoms. The zero-order chi connectivity index (χ0) is 13.0. The van der Waals surface area contributed by atoms with Crippen LogP contribution in [0.5, 0.6) is 0 Å². The Morgan fingerprint density at radius 3 is 2.89 bits per heavy atom. The van der Waals surface area contributed by atoms with Crippen LogP contribution < -0.4 is 5.32 Å². The number of hydrogen-bond acceptors (Lipinski definition) is 5. The number of hydrogen-bond donors (Lipinski definition) is 2. The highest BCUT2D eigenvalue weighted by atomic mass is 79.9. The minimum absolute atomic E-state index is 0.146. The Morgan fingerprint density at radius 2 is 2.17 bits per heavy atom. The molecular weight excluding hydrogens is 302 g/mol. The van der Waals surface area contributed by atoms with Gasteiger partial charge in [-0.2, -0.15) is 0 Å². The van der Waals surface area contributed by atoms with Crippen LogP contribution in [-0.2, 0) is 11.3 Å². The van der Waals surface area contributed by atoms with Gasteiger partial charge in [-0.25, -0.2) is 0 Å². The number of carboxylic acid groups (broad SMARTS) is 1. The van der Waals surface area contributed by atoms with Crippen LogP contribution in [-0.4, -0.2) is 27.8 Å². The smallest absolute Gasteiger partial charge is 0.317 e. The van der Waals surface area contributed by atoms with Crippen LogP contribution in [0.4, 0.5) is 0 Å². The van der Waals surface area contributed by atoms with E-state index in [0.717, 1.165) is 10.0 Å². The highest BCUT2D eigenvalue weighted by Gasteiger charge is 2.10. The summed E-state index contributed by atoms with van der Waals surface area (Å²) in [6.45, 7) is 0.0799. The predicted octanol–water partition coefficient (Wildman–Crippen LogP) is 1.67. The number of halogens is 1. The minimum Gasteiger partial charge on any atom is -0.480 e. The SMILES string of the molecule is O=C(O)CNCc1nnc(-c2ccccc2Br)o1. The lowest BCUT2D eigenvalue weighted by Crippen LogP contribution is -2.21. The molecule has 2 rings (SSSR count). The molecule has 2 aromatic rings. The molecule has 94 valence electrons. The van der Waals surface area contributed by atoms with Gasteiger partial charge >= 0.3 is 5.97 Å². The van der Waals surface area contributed by atoms with E-state index < -0.39 is 5.97 Å². The van der Waals surface area contributed by atoms with Crippen molar-refractivity contribution in [2.75, 3.05) is 6.54 Å². The van der Waals surface area contributed by atoms with Crippen LogP contribution in [0.2, 0.25) is 0 Å². The molecule has 0 radical (unpaired) electrons. The van der Waals surface area contributed by atoms with Crippen molar-refractivity contribution in [3.8, 4) is 11.5 Å². The zero-order valence-corrected chi connectivity index (χ0v) is 10.8. The minimum atomic E-state index is -0.930. The van der Waals surface area contributed by atoms with Crippen molar-refractivity contribution in [2.24, 2.45) is 0 Å². The first-order valence-electron chi connectivity index (χ1n) is 5.16. The Kier molecular flexibility index (Phi) is 4.06. The summed E-state index contributed by atoms with van der Waals surface area (Å²) < 4.78 is 6.28. The normalized spacial score (nSPS) is 10.5. The van der Waals surface area contributed by atoms with E-state index in [1.165, 1.54) is 0 Å². The zero-order valence-electron chi connectivity index (χ0n) is 9.26. The van der Waals surface area contributed by atoms with Gasteiger partial charge in [0, 0.05) is 4.47 Å². The summed E-state index contributed by atoms with van der Waals surface area (Å²) in [4.78, 5) is 10.3. The molecule has 1 aromatic heterocycles. The number of benzene rings is 1. The molecule has 0 unspecified atom stereocenters. The summed E-state index contributed by atoms with van der Waals surface area (Å²) in [7, 11) is 0. The van der Waals surface area contributed by atoms with Gasteiger partial charge in [0.05, 0.1) is 18.7 Å². The number of aliphatic carboxylic acids is 1. The van der Waals surface area contributed by atoms with Crippen LogP contribution in [0.3, 0.4) is 0 Å². The molecule has 1 aromatic carbocycles. The van der Waals surface area contributed by atoms with Gasteiger partial charge in [-0.1, -0.05) is 12.1 Å². The van der Waals surface area contributed by atoms with Crippen LogP contribution in [0.25, 0.3) is 11.5 Å². The third kappa shape index (κ3) is 3.14. The average molecular weight is 312 g/mol. The van der Waals surface area contributed by atoms with Gasteiger partial charge in [0.25, 0.3) is 0 Å². The average Bonchev–Trinajstić information content (AvgIpc) is 2.78. The standard InChI is InChI=1S/C11H10BrN3O3/c12-8-4-2-1-3-7(8)11-15-14-9(18-11)5-13-6-10(16)17/h1-4,13H,5-6H2,(H,16,17). The third-order valence-corrected chi connectivity index (χ3v) is 2.82. The second-order valence-electron chi connectivity index (χ2n) is 3.48. The van der Waals surface area contributed by atoms with Gasteiger partial charge in [0.1, 0.15) is 0 Å². The highest BCUT2D eigenvalue weighted by Crippen LogP contribution is 2.26. The maximum Gasteiger partial charge on any atom is 0.317 e. The maximum atomic E-state index is 10.3. The van der Waals surface area contributed by atoms with Crippen molar-refractivity contribution >= 4 is 21.9 Å². The molecule has 0 aliphatic carbocycles. The molecule has 0 aliphatic rings. The van der Waals surface area contributed by atoms with E-state index in [2.05, 4.69) is 31.4 Å². The Bertz CT molecular complexity index is 556. The molecule has 0 spiro atoms. The maximum absolute atomic E-state index is 10.3. The van der Waals surface area contributed by atoms with Gasteiger partial charge < -0.3 is 9.52 Å². The fraction of sp³-hybridized carbons (Fsp3) is 0.182. The van der Waals surface area contributed by atoms with Gasteiger partial charge in [0.2, 0.25) is 11.8 Å². The van der Waals surface area contributed by atoms with Gasteiger partial charge in [0.15, 0.2) is 0 Å². The number of nitrogens with zero attached hydrogens (tertiary/aromatic N) is 2. The lowest BCUT2D eigenvalue weighted by Gasteiger charge is -1.98. The van der Waals surface area contributed by atoms with Gasteiger partial charge in [-0.15, -0.1) is 10.2 Å². The van der Waals surface area contributed by atoms with E-state index in [1.807, 2.05) is 24.3 Å². The molecule has 7 heteroatoms. The molecule has 0 fully saturated rings. The first kappa shape index (κ1) is 12.7. The van der Waals surface area contributed by atoms with E-state index in [9.17, 15) is 4.79 Å². The molecule has 0 saturated heterocycles. The fourth-order valence-electron chi connectivity index (χ4n) is 1.34. The van der Waals surface area contributed by atoms with Crippen LogP contribution in [0.1, 0.15) is 5.89 Å². The van der Waals surface area contributed by atoms with Crippen molar-refractivity contribution in [3.05, 3.63) is 34.6 Å². The third-order valence-electron chi connectivity index (χ3n) is 2.12. The van der Waals surface area contributed by atoms with Crippen LogP contribution in [0, 0.1) is 0 Å². The number of aromatic nitrogens is 2. The Labute approximate surface area is 111 Å². The summed E-state index contributed by atoms with van der Waals surface area (Å²) in [6.07, 6.45) is 0. The van der Waals surface area contributed by atoms with Crippen molar-refractivity contribution in [2.45, 2.75) is 6.54 Å².